The van der Waals surface area contributed by atoms with Gasteiger partial charge in [-0.3, -0.25) is 4.72 Å². The Morgan fingerprint density at radius 2 is 1.70 bits per heavy atom. The minimum absolute atomic E-state index is 0.0300. The van der Waals surface area contributed by atoms with Crippen LogP contribution < -0.4 is 10.0 Å². The van der Waals surface area contributed by atoms with Crippen LogP contribution >= 0.6 is 0 Å². The standard InChI is InChI=1S/C27H38N4O5S/c1-2-3-4-5-6-7-14-30-15-16-31(27(30)34)37(35,36)29-22-10-8-20(9-11-22)17-24-23-19-26(33)25(32)18-21(23)12-13-28-24/h8-11,18-19,24,28-29,32-33H,2-7,12-17H2,1H3. The summed E-state index contributed by atoms with van der Waals surface area (Å²) < 4.78 is 29.3. The molecule has 2 aromatic carbocycles. The second-order valence-electron chi connectivity index (χ2n) is 9.91. The molecule has 0 saturated carbocycles. The van der Waals surface area contributed by atoms with Gasteiger partial charge in [-0.2, -0.15) is 8.42 Å². The topological polar surface area (TPSA) is 122 Å². The Labute approximate surface area is 219 Å². The Morgan fingerprint density at radius 1 is 1.00 bits per heavy atom. The van der Waals surface area contributed by atoms with Crippen LogP contribution in [0, 0.1) is 0 Å². The Balaban J connectivity index is 1.32. The largest absolute Gasteiger partial charge is 0.504 e. The Bertz CT molecular complexity index is 1190. The molecule has 0 radical (unpaired) electrons. The summed E-state index contributed by atoms with van der Waals surface area (Å²) in [4.78, 5) is 14.3. The van der Waals surface area contributed by atoms with Crippen molar-refractivity contribution in [1.82, 2.24) is 14.5 Å². The third-order valence-corrected chi connectivity index (χ3v) is 8.58. The van der Waals surface area contributed by atoms with Gasteiger partial charge in [0.05, 0.1) is 12.2 Å². The van der Waals surface area contributed by atoms with E-state index in [1.165, 1.54) is 19.3 Å². The van der Waals surface area contributed by atoms with Crippen LogP contribution in [0.3, 0.4) is 0 Å². The fourth-order valence-electron chi connectivity index (χ4n) is 5.07. The lowest BCUT2D eigenvalue weighted by atomic mass is 9.90. The SMILES string of the molecule is CCCCCCCCN1CCN(S(=O)(=O)Nc2ccc(CC3NCCc4cc(O)c(O)cc43)cc2)C1=O. The van der Waals surface area contributed by atoms with Crippen LogP contribution in [0.2, 0.25) is 0 Å². The number of aromatic hydroxyl groups is 2. The van der Waals surface area contributed by atoms with Crippen molar-refractivity contribution >= 4 is 21.9 Å². The van der Waals surface area contributed by atoms with Crippen LogP contribution in [0.5, 0.6) is 11.5 Å². The van der Waals surface area contributed by atoms with Gasteiger partial charge in [0, 0.05) is 19.1 Å². The molecule has 1 atom stereocenters. The van der Waals surface area contributed by atoms with Gasteiger partial charge in [-0.1, -0.05) is 51.2 Å². The average molecular weight is 531 g/mol. The summed E-state index contributed by atoms with van der Waals surface area (Å²) in [6.45, 7) is 4.09. The molecule has 4 N–H and O–H groups in total. The maximum absolute atomic E-state index is 12.9. The van der Waals surface area contributed by atoms with E-state index in [0.717, 1.165) is 53.2 Å². The van der Waals surface area contributed by atoms with E-state index >= 15 is 0 Å². The molecule has 0 bridgehead atoms. The van der Waals surface area contributed by atoms with Crippen molar-refractivity contribution in [2.24, 2.45) is 0 Å². The van der Waals surface area contributed by atoms with E-state index in [1.807, 2.05) is 12.1 Å². The van der Waals surface area contributed by atoms with Crippen LogP contribution in [-0.4, -0.2) is 60.0 Å². The normalized spacial score (nSPS) is 17.8. The predicted octanol–water partition coefficient (Wildman–Crippen LogP) is 4.28. The number of benzene rings is 2. The number of amides is 2. The van der Waals surface area contributed by atoms with E-state index in [0.29, 0.717) is 25.2 Å². The molecule has 0 aliphatic carbocycles. The van der Waals surface area contributed by atoms with Crippen molar-refractivity contribution in [3.63, 3.8) is 0 Å². The lowest BCUT2D eigenvalue weighted by Gasteiger charge is -2.27. The van der Waals surface area contributed by atoms with Crippen LogP contribution in [0.15, 0.2) is 36.4 Å². The number of carbonyl (C=O) groups is 1. The molecule has 9 nitrogen and oxygen atoms in total. The first kappa shape index (κ1) is 27.1. The quantitative estimate of drug-likeness (QED) is 0.240. The van der Waals surface area contributed by atoms with Gasteiger partial charge in [0.25, 0.3) is 0 Å². The number of phenols is 2. The highest BCUT2D eigenvalue weighted by Gasteiger charge is 2.36. The number of carbonyl (C=O) groups excluding carboxylic acids is 1. The number of fused-ring (bicyclic) bond motifs is 1. The molecule has 1 unspecified atom stereocenters. The third-order valence-electron chi connectivity index (χ3n) is 7.17. The number of hydrogen-bond donors (Lipinski definition) is 4. The molecule has 37 heavy (non-hydrogen) atoms. The Hall–Kier alpha value is -2.98. The number of anilines is 1. The van der Waals surface area contributed by atoms with Crippen molar-refractivity contribution in [2.75, 3.05) is 30.9 Å². The molecule has 2 heterocycles. The molecular weight excluding hydrogens is 492 g/mol. The summed E-state index contributed by atoms with van der Waals surface area (Å²) in [6.07, 6.45) is 8.11. The smallest absolute Gasteiger partial charge is 0.335 e. The van der Waals surface area contributed by atoms with Crippen molar-refractivity contribution in [1.29, 1.82) is 0 Å². The molecule has 2 aliphatic heterocycles. The summed E-state index contributed by atoms with van der Waals surface area (Å²) >= 11 is 0. The number of hydrogen-bond acceptors (Lipinski definition) is 6. The van der Waals surface area contributed by atoms with Gasteiger partial charge < -0.3 is 20.4 Å². The average Bonchev–Trinajstić information content (AvgIpc) is 3.24. The molecule has 2 amide bonds. The third kappa shape index (κ3) is 6.67. The number of nitrogens with zero attached hydrogens (tertiary/aromatic N) is 2. The molecular formula is C27H38N4O5S. The van der Waals surface area contributed by atoms with Crippen molar-refractivity contribution in [3.8, 4) is 11.5 Å². The first-order valence-electron chi connectivity index (χ1n) is 13.2. The summed E-state index contributed by atoms with van der Waals surface area (Å²) in [5.41, 5.74) is 3.34. The Morgan fingerprint density at radius 3 is 2.46 bits per heavy atom. The minimum atomic E-state index is -4.00. The fraction of sp³-hybridized carbons (Fsp3) is 0.519. The summed E-state index contributed by atoms with van der Waals surface area (Å²) in [7, 11) is -4.00. The fourth-order valence-corrected chi connectivity index (χ4v) is 6.26. The van der Waals surface area contributed by atoms with Gasteiger partial charge in [-0.15, -0.1) is 0 Å². The Kier molecular flexibility index (Phi) is 8.81. The van der Waals surface area contributed by atoms with Crippen molar-refractivity contribution in [2.45, 2.75) is 64.3 Å². The van der Waals surface area contributed by atoms with E-state index in [4.69, 9.17) is 0 Å². The monoisotopic (exact) mass is 530 g/mol. The molecule has 1 saturated heterocycles. The summed E-state index contributed by atoms with van der Waals surface area (Å²) in [5, 5.41) is 23.2. The lowest BCUT2D eigenvalue weighted by Crippen LogP contribution is -2.39. The molecule has 1 fully saturated rings. The molecule has 2 aromatic rings. The maximum atomic E-state index is 12.9. The van der Waals surface area contributed by atoms with Gasteiger partial charge in [0.2, 0.25) is 0 Å². The second-order valence-corrected chi connectivity index (χ2v) is 11.5. The number of phenolic OH excluding ortho intramolecular Hbond substituents is 2. The first-order valence-corrected chi connectivity index (χ1v) is 14.7. The number of unbranched alkanes of at least 4 members (excludes halogenated alkanes) is 5. The van der Waals surface area contributed by atoms with Gasteiger partial charge in [-0.25, -0.2) is 9.10 Å². The second kappa shape index (κ2) is 12.0. The van der Waals surface area contributed by atoms with Crippen molar-refractivity contribution in [3.05, 3.63) is 53.1 Å². The lowest BCUT2D eigenvalue weighted by molar-refractivity contribution is 0.206. The van der Waals surface area contributed by atoms with E-state index in [2.05, 4.69) is 17.0 Å². The summed E-state index contributed by atoms with van der Waals surface area (Å²) in [6, 6.07) is 9.82. The highest BCUT2D eigenvalue weighted by atomic mass is 32.2. The van der Waals surface area contributed by atoms with E-state index in [-0.39, 0.29) is 24.1 Å². The molecule has 4 rings (SSSR count). The van der Waals surface area contributed by atoms with Crippen LogP contribution in [0.4, 0.5) is 10.5 Å². The van der Waals surface area contributed by atoms with Gasteiger partial charge in [0.15, 0.2) is 11.5 Å². The molecule has 202 valence electrons. The van der Waals surface area contributed by atoms with E-state index in [1.54, 1.807) is 29.2 Å². The first-order chi connectivity index (χ1) is 17.8. The van der Waals surface area contributed by atoms with E-state index in [9.17, 15) is 23.4 Å². The van der Waals surface area contributed by atoms with Crippen LogP contribution in [0.1, 0.15) is 68.2 Å². The van der Waals surface area contributed by atoms with Gasteiger partial charge in [-0.05, 0) is 66.8 Å². The maximum Gasteiger partial charge on any atom is 0.335 e. The molecule has 10 heteroatoms. The highest BCUT2D eigenvalue weighted by Crippen LogP contribution is 2.35. The molecule has 0 aromatic heterocycles. The zero-order valence-corrected chi connectivity index (χ0v) is 22.3. The minimum Gasteiger partial charge on any atom is -0.504 e. The van der Waals surface area contributed by atoms with Gasteiger partial charge in [0.1, 0.15) is 0 Å². The highest BCUT2D eigenvalue weighted by molar-refractivity contribution is 7.91. The van der Waals surface area contributed by atoms with Crippen LogP contribution in [0.25, 0.3) is 0 Å². The van der Waals surface area contributed by atoms with E-state index < -0.39 is 16.2 Å². The summed E-state index contributed by atoms with van der Waals surface area (Å²) in [5.74, 6) is -0.253. The number of urea groups is 1. The van der Waals surface area contributed by atoms with Crippen molar-refractivity contribution < 1.29 is 23.4 Å². The number of rotatable bonds is 12. The molecule has 2 aliphatic rings. The van der Waals surface area contributed by atoms with Gasteiger partial charge >= 0.3 is 16.2 Å². The predicted molar refractivity (Wildman–Crippen MR) is 144 cm³/mol. The zero-order chi connectivity index (χ0) is 26.4. The zero-order valence-electron chi connectivity index (χ0n) is 21.4. The van der Waals surface area contributed by atoms with Crippen LogP contribution in [-0.2, 0) is 23.1 Å². The number of nitrogens with one attached hydrogen (secondary N) is 2. The molecule has 0 spiro atoms.